The van der Waals surface area contributed by atoms with Crippen LogP contribution in [0.15, 0.2) is 18.2 Å². The Morgan fingerprint density at radius 3 is 2.53 bits per heavy atom. The molecule has 192 valence electrons. The second kappa shape index (κ2) is 9.99. The molecule has 2 N–H and O–H groups in total. The van der Waals surface area contributed by atoms with Gasteiger partial charge < -0.3 is 10.2 Å². The molecule has 4 aliphatic heterocycles. The van der Waals surface area contributed by atoms with Crippen LogP contribution in [-0.2, 0) is 16.1 Å². The number of nitrogens with one attached hydrogen (secondary N) is 2. The van der Waals surface area contributed by atoms with E-state index in [1.54, 1.807) is 4.90 Å². The number of imide groups is 1. The maximum Gasteiger partial charge on any atom is 0.255 e. The van der Waals surface area contributed by atoms with E-state index in [0.717, 1.165) is 43.6 Å². The first-order valence-corrected chi connectivity index (χ1v) is 13.5. The molecular weight excluding hydrogens is 452 g/mol. The Morgan fingerprint density at radius 1 is 1.03 bits per heavy atom. The van der Waals surface area contributed by atoms with E-state index in [1.165, 1.54) is 12.8 Å². The fourth-order valence-corrected chi connectivity index (χ4v) is 6.38. The van der Waals surface area contributed by atoms with Gasteiger partial charge in [-0.3, -0.25) is 24.6 Å². The van der Waals surface area contributed by atoms with E-state index in [9.17, 15) is 14.4 Å². The first-order chi connectivity index (χ1) is 17.2. The largest absolute Gasteiger partial charge is 0.322 e. The molecule has 7 nitrogen and oxygen atoms in total. The Morgan fingerprint density at radius 2 is 1.81 bits per heavy atom. The lowest BCUT2D eigenvalue weighted by Crippen LogP contribution is -2.55. The van der Waals surface area contributed by atoms with Crippen LogP contribution in [0.1, 0.15) is 80.8 Å². The van der Waals surface area contributed by atoms with Crippen molar-refractivity contribution in [2.45, 2.75) is 84.0 Å². The number of piperidine rings is 3. The molecule has 1 aromatic carbocycles. The number of hydrogen-bond acceptors (Lipinski definition) is 5. The second-order valence-electron chi connectivity index (χ2n) is 11.9. The van der Waals surface area contributed by atoms with Crippen LogP contribution in [0.25, 0.3) is 0 Å². The van der Waals surface area contributed by atoms with Gasteiger partial charge in [-0.25, -0.2) is 0 Å². The molecule has 7 heteroatoms. The van der Waals surface area contributed by atoms with Crippen molar-refractivity contribution in [3.05, 3.63) is 34.9 Å². The molecule has 4 aliphatic rings. The number of rotatable bonds is 2. The van der Waals surface area contributed by atoms with Crippen molar-refractivity contribution in [1.29, 1.82) is 0 Å². The topological polar surface area (TPSA) is 81.8 Å². The number of amides is 3. The number of carbonyl (C=O) groups excluding carboxylic acids is 3. The van der Waals surface area contributed by atoms with Crippen molar-refractivity contribution in [3.8, 4) is 11.8 Å². The standard InChI is InChI=1S/C29H38N4O3/c1-29(2,3)25-17-20(12-15-32(25)22-10-13-30-14-11-22)5-4-19-6-7-23-21(16-19)18-33(28(23)36)24-8-9-26(34)31-27(24)35/h6-7,16,20,22,24-25,30H,8-15,17-18H2,1-3H3,(H,31,34,35). The summed E-state index contributed by atoms with van der Waals surface area (Å²) in [6.45, 7) is 10.8. The van der Waals surface area contributed by atoms with Crippen LogP contribution in [-0.4, -0.2) is 65.3 Å². The van der Waals surface area contributed by atoms with Crippen molar-refractivity contribution in [1.82, 2.24) is 20.4 Å². The lowest BCUT2D eigenvalue weighted by molar-refractivity contribution is -0.136. The maximum atomic E-state index is 12.9. The number of fused-ring (bicyclic) bond motifs is 1. The van der Waals surface area contributed by atoms with Gasteiger partial charge >= 0.3 is 0 Å². The van der Waals surface area contributed by atoms with E-state index < -0.39 is 6.04 Å². The van der Waals surface area contributed by atoms with Crippen LogP contribution in [0.4, 0.5) is 0 Å². The zero-order valence-electron chi connectivity index (χ0n) is 21.7. The van der Waals surface area contributed by atoms with Crippen LogP contribution in [0.2, 0.25) is 0 Å². The first-order valence-electron chi connectivity index (χ1n) is 13.5. The molecule has 36 heavy (non-hydrogen) atoms. The average Bonchev–Trinajstić information content (AvgIpc) is 3.18. The third-order valence-electron chi connectivity index (χ3n) is 8.37. The fourth-order valence-electron chi connectivity index (χ4n) is 6.38. The molecule has 3 amide bonds. The maximum absolute atomic E-state index is 12.9. The number of hydrogen-bond donors (Lipinski definition) is 2. The Hall–Kier alpha value is -2.69. The highest BCUT2D eigenvalue weighted by Crippen LogP contribution is 2.37. The highest BCUT2D eigenvalue weighted by atomic mass is 16.2. The number of benzene rings is 1. The highest BCUT2D eigenvalue weighted by Gasteiger charge is 2.40. The lowest BCUT2D eigenvalue weighted by Gasteiger charge is -2.49. The van der Waals surface area contributed by atoms with Crippen molar-refractivity contribution in [2.75, 3.05) is 19.6 Å². The zero-order valence-corrected chi connectivity index (χ0v) is 21.7. The molecule has 0 aromatic heterocycles. The molecule has 1 aromatic rings. The Balaban J connectivity index is 1.27. The highest BCUT2D eigenvalue weighted by molar-refractivity contribution is 6.05. The lowest BCUT2D eigenvalue weighted by atomic mass is 9.76. The normalized spacial score (nSPS) is 27.9. The SMILES string of the molecule is CC(C)(C)C1CC(C#Cc2ccc3c(c2)CN(C2CCC(=O)NC2=O)C3=O)CCN1C1CCNCC1. The van der Waals surface area contributed by atoms with Crippen molar-refractivity contribution < 1.29 is 14.4 Å². The van der Waals surface area contributed by atoms with Gasteiger partial charge in [0.15, 0.2) is 0 Å². The summed E-state index contributed by atoms with van der Waals surface area (Å²) < 4.78 is 0. The monoisotopic (exact) mass is 490 g/mol. The van der Waals surface area contributed by atoms with Gasteiger partial charge in [0.05, 0.1) is 0 Å². The molecule has 3 unspecified atom stereocenters. The third kappa shape index (κ3) is 5.07. The molecule has 0 spiro atoms. The van der Waals surface area contributed by atoms with Crippen LogP contribution in [0.3, 0.4) is 0 Å². The van der Waals surface area contributed by atoms with Gasteiger partial charge in [-0.15, -0.1) is 0 Å². The van der Waals surface area contributed by atoms with E-state index in [2.05, 4.69) is 48.1 Å². The van der Waals surface area contributed by atoms with Gasteiger partial charge in [-0.1, -0.05) is 32.6 Å². The van der Waals surface area contributed by atoms with Crippen molar-refractivity contribution in [3.63, 3.8) is 0 Å². The summed E-state index contributed by atoms with van der Waals surface area (Å²) in [5.74, 6) is 6.54. The van der Waals surface area contributed by atoms with Crippen molar-refractivity contribution in [2.24, 2.45) is 11.3 Å². The van der Waals surface area contributed by atoms with Gasteiger partial charge in [0.1, 0.15) is 6.04 Å². The van der Waals surface area contributed by atoms with Crippen molar-refractivity contribution >= 4 is 17.7 Å². The molecule has 0 radical (unpaired) electrons. The number of carbonyl (C=O) groups is 3. The summed E-state index contributed by atoms with van der Waals surface area (Å²) in [5, 5.41) is 5.85. The molecule has 3 saturated heterocycles. The molecule has 0 bridgehead atoms. The minimum absolute atomic E-state index is 0.141. The summed E-state index contributed by atoms with van der Waals surface area (Å²) in [4.78, 5) is 41.1. The Labute approximate surface area is 214 Å². The zero-order chi connectivity index (χ0) is 25.4. The van der Waals surface area contributed by atoms with Gasteiger partial charge in [0, 0.05) is 42.1 Å². The van der Waals surface area contributed by atoms with E-state index in [1.807, 2.05) is 18.2 Å². The molecular formula is C29H38N4O3. The minimum Gasteiger partial charge on any atom is -0.322 e. The van der Waals surface area contributed by atoms with Crippen LogP contribution in [0.5, 0.6) is 0 Å². The minimum atomic E-state index is -0.586. The van der Waals surface area contributed by atoms with Gasteiger partial charge in [-0.2, -0.15) is 0 Å². The number of likely N-dealkylation sites (tertiary alicyclic amines) is 1. The summed E-state index contributed by atoms with van der Waals surface area (Å²) in [7, 11) is 0. The van der Waals surface area contributed by atoms with E-state index in [4.69, 9.17) is 0 Å². The fraction of sp³-hybridized carbons (Fsp3) is 0.621. The van der Waals surface area contributed by atoms with Gasteiger partial charge in [0.2, 0.25) is 11.8 Å². The predicted octanol–water partition coefficient (Wildman–Crippen LogP) is 2.68. The Kier molecular flexibility index (Phi) is 6.93. The molecule has 3 atom stereocenters. The van der Waals surface area contributed by atoms with E-state index in [-0.39, 0.29) is 29.6 Å². The molecule has 0 aliphatic carbocycles. The van der Waals surface area contributed by atoms with Gasteiger partial charge in [0.25, 0.3) is 5.91 Å². The van der Waals surface area contributed by atoms with Crippen LogP contribution < -0.4 is 10.6 Å². The smallest absolute Gasteiger partial charge is 0.255 e. The number of nitrogens with zero attached hydrogens (tertiary/aromatic N) is 2. The van der Waals surface area contributed by atoms with Crippen LogP contribution >= 0.6 is 0 Å². The third-order valence-corrected chi connectivity index (χ3v) is 8.37. The summed E-state index contributed by atoms with van der Waals surface area (Å²) in [6, 6.07) is 6.36. The average molecular weight is 491 g/mol. The molecule has 5 rings (SSSR count). The second-order valence-corrected chi connectivity index (χ2v) is 11.9. The Bertz CT molecular complexity index is 1110. The molecule has 0 saturated carbocycles. The van der Waals surface area contributed by atoms with E-state index >= 15 is 0 Å². The molecule has 3 fully saturated rings. The van der Waals surface area contributed by atoms with E-state index in [0.29, 0.717) is 36.5 Å². The first kappa shape index (κ1) is 25.0. The summed E-state index contributed by atoms with van der Waals surface area (Å²) >= 11 is 0. The van der Waals surface area contributed by atoms with Gasteiger partial charge in [-0.05, 0) is 80.9 Å². The quantitative estimate of drug-likeness (QED) is 0.492. The molecule has 4 heterocycles. The summed E-state index contributed by atoms with van der Waals surface area (Å²) in [6.07, 6.45) is 5.28. The van der Waals surface area contributed by atoms with Crippen LogP contribution in [0, 0.1) is 23.2 Å². The predicted molar refractivity (Wildman–Crippen MR) is 138 cm³/mol. The summed E-state index contributed by atoms with van der Waals surface area (Å²) in [5.41, 5.74) is 2.66.